The first-order valence-corrected chi connectivity index (χ1v) is 10.9. The van der Waals surface area contributed by atoms with Gasteiger partial charge in [0.25, 0.3) is 11.6 Å². The van der Waals surface area contributed by atoms with E-state index < -0.39 is 4.92 Å². The predicted molar refractivity (Wildman–Crippen MR) is 129 cm³/mol. The minimum absolute atomic E-state index is 0.113. The number of hydrogen-bond donors (Lipinski definition) is 0. The largest absolute Gasteiger partial charge is 0.304 e. The molecule has 4 aromatic rings. The molecule has 5 nitrogen and oxygen atoms in total. The molecule has 0 fully saturated rings. The van der Waals surface area contributed by atoms with Crippen LogP contribution in [0.4, 0.5) is 11.4 Å². The van der Waals surface area contributed by atoms with Crippen LogP contribution in [0, 0.1) is 10.1 Å². The van der Waals surface area contributed by atoms with E-state index in [0.29, 0.717) is 11.6 Å². The number of benzene rings is 4. The van der Waals surface area contributed by atoms with Gasteiger partial charge in [-0.1, -0.05) is 78.3 Å². The number of non-ortho nitro benzene ring substituents is 1. The van der Waals surface area contributed by atoms with Gasteiger partial charge in [0, 0.05) is 34.3 Å². The molecule has 0 radical (unpaired) electrons. The Kier molecular flexibility index (Phi) is 5.40. The highest BCUT2D eigenvalue weighted by atomic mass is 35.5. The first kappa shape index (κ1) is 20.9. The number of fused-ring (bicyclic) bond motifs is 2. The highest BCUT2D eigenvalue weighted by molar-refractivity contribution is 6.31. The third-order valence-electron chi connectivity index (χ3n) is 6.00. The smallest absolute Gasteiger partial charge is 0.270 e. The van der Waals surface area contributed by atoms with Crippen molar-refractivity contribution in [2.45, 2.75) is 12.5 Å². The molecule has 5 rings (SSSR count). The van der Waals surface area contributed by atoms with Crippen molar-refractivity contribution in [2.75, 3.05) is 4.90 Å². The average molecular weight is 455 g/mol. The molecule has 162 valence electrons. The van der Waals surface area contributed by atoms with Gasteiger partial charge in [0.05, 0.1) is 11.5 Å². The zero-order valence-electron chi connectivity index (χ0n) is 17.5. The van der Waals surface area contributed by atoms with E-state index in [0.717, 1.165) is 27.9 Å². The van der Waals surface area contributed by atoms with Gasteiger partial charge in [-0.05, 0) is 40.5 Å². The van der Waals surface area contributed by atoms with Crippen LogP contribution >= 0.6 is 11.6 Å². The highest BCUT2D eigenvalue weighted by Gasteiger charge is 2.32. The molecule has 0 saturated carbocycles. The number of amides is 1. The molecule has 0 aromatic heterocycles. The summed E-state index contributed by atoms with van der Waals surface area (Å²) in [6, 6.07) is 29.4. The summed E-state index contributed by atoms with van der Waals surface area (Å²) >= 11 is 6.64. The molecule has 4 aromatic carbocycles. The Morgan fingerprint density at radius 2 is 1.52 bits per heavy atom. The van der Waals surface area contributed by atoms with Crippen LogP contribution in [0.5, 0.6) is 0 Å². The van der Waals surface area contributed by atoms with Crippen molar-refractivity contribution < 1.29 is 9.72 Å². The molecule has 0 aliphatic carbocycles. The third kappa shape index (κ3) is 3.77. The highest BCUT2D eigenvalue weighted by Crippen LogP contribution is 2.44. The van der Waals surface area contributed by atoms with E-state index in [1.54, 1.807) is 11.0 Å². The van der Waals surface area contributed by atoms with Crippen molar-refractivity contribution in [3.8, 4) is 0 Å². The summed E-state index contributed by atoms with van der Waals surface area (Å²) < 4.78 is 0. The van der Waals surface area contributed by atoms with Gasteiger partial charge in [0.15, 0.2) is 0 Å². The number of carbonyl (C=O) groups excluding carboxylic acids is 1. The van der Waals surface area contributed by atoms with Gasteiger partial charge in [-0.3, -0.25) is 14.9 Å². The second kappa shape index (κ2) is 8.52. The number of hydrogen-bond acceptors (Lipinski definition) is 3. The van der Waals surface area contributed by atoms with Gasteiger partial charge in [0.1, 0.15) is 0 Å². The second-order valence-corrected chi connectivity index (χ2v) is 8.32. The summed E-state index contributed by atoms with van der Waals surface area (Å²) in [4.78, 5) is 26.2. The number of carbonyl (C=O) groups is 1. The van der Waals surface area contributed by atoms with Crippen molar-refractivity contribution in [3.05, 3.63) is 140 Å². The summed E-state index contributed by atoms with van der Waals surface area (Å²) in [6.07, 6.45) is 0. The minimum Gasteiger partial charge on any atom is -0.304 e. The van der Waals surface area contributed by atoms with Crippen LogP contribution in [-0.2, 0) is 6.54 Å². The summed E-state index contributed by atoms with van der Waals surface area (Å²) in [5, 5.41) is 11.9. The molecule has 1 unspecified atom stereocenters. The normalized spacial score (nSPS) is 14.7. The lowest BCUT2D eigenvalue weighted by molar-refractivity contribution is -0.384. The van der Waals surface area contributed by atoms with Gasteiger partial charge in [-0.25, -0.2) is 0 Å². The first-order valence-electron chi connectivity index (χ1n) is 10.5. The van der Waals surface area contributed by atoms with Gasteiger partial charge in [-0.2, -0.15) is 0 Å². The molecule has 33 heavy (non-hydrogen) atoms. The number of halogens is 1. The summed E-state index contributed by atoms with van der Waals surface area (Å²) in [7, 11) is 0. The molecule has 0 N–H and O–H groups in total. The first-order chi connectivity index (χ1) is 16.0. The molecule has 6 heteroatoms. The van der Waals surface area contributed by atoms with E-state index in [2.05, 4.69) is 6.07 Å². The Morgan fingerprint density at radius 1 is 0.848 bits per heavy atom. The standard InChI is InChI=1S/C27H19ClN2O3/c28-24-14-5-3-12-22(24)26-21-11-2-1-8-19(21)17-29(25-15-6-4-13-23(25)26)27(31)18-9-7-10-20(16-18)30(32)33/h1-16,26H,17H2. The van der Waals surface area contributed by atoms with E-state index in [-0.39, 0.29) is 23.1 Å². The van der Waals surface area contributed by atoms with E-state index in [1.807, 2.05) is 66.7 Å². The van der Waals surface area contributed by atoms with Crippen molar-refractivity contribution in [2.24, 2.45) is 0 Å². The molecule has 0 spiro atoms. The predicted octanol–water partition coefficient (Wildman–Crippen LogP) is 6.59. The van der Waals surface area contributed by atoms with E-state index in [9.17, 15) is 14.9 Å². The van der Waals surface area contributed by atoms with Crippen LogP contribution in [0.2, 0.25) is 5.02 Å². The summed E-state index contributed by atoms with van der Waals surface area (Å²) in [5.41, 5.74) is 4.91. The van der Waals surface area contributed by atoms with Gasteiger partial charge in [-0.15, -0.1) is 0 Å². The molecule has 0 saturated heterocycles. The number of nitro groups is 1. The maximum atomic E-state index is 13.7. The fourth-order valence-corrected chi connectivity index (χ4v) is 4.74. The van der Waals surface area contributed by atoms with Crippen molar-refractivity contribution >= 4 is 28.9 Å². The van der Waals surface area contributed by atoms with E-state index in [1.165, 1.54) is 18.2 Å². The molecule has 1 aliphatic heterocycles. The molecule has 1 heterocycles. The van der Waals surface area contributed by atoms with Crippen LogP contribution in [0.1, 0.15) is 38.5 Å². The van der Waals surface area contributed by atoms with Gasteiger partial charge < -0.3 is 4.90 Å². The number of para-hydroxylation sites is 1. The zero-order valence-corrected chi connectivity index (χ0v) is 18.3. The van der Waals surface area contributed by atoms with E-state index >= 15 is 0 Å². The number of anilines is 1. The fraction of sp³-hybridized carbons (Fsp3) is 0.0741. The molecule has 1 amide bonds. The van der Waals surface area contributed by atoms with Crippen molar-refractivity contribution in [1.29, 1.82) is 0 Å². The van der Waals surface area contributed by atoms with Crippen LogP contribution < -0.4 is 4.90 Å². The quantitative estimate of drug-likeness (QED) is 0.259. The second-order valence-electron chi connectivity index (χ2n) is 7.91. The number of nitrogens with zero attached hydrogens (tertiary/aromatic N) is 2. The molecule has 1 aliphatic rings. The molecular formula is C27H19ClN2O3. The van der Waals surface area contributed by atoms with Crippen LogP contribution in [0.25, 0.3) is 0 Å². The van der Waals surface area contributed by atoms with Crippen LogP contribution in [0.15, 0.2) is 97.1 Å². The molecular weight excluding hydrogens is 436 g/mol. The Balaban J connectivity index is 1.71. The van der Waals surface area contributed by atoms with Gasteiger partial charge in [0.2, 0.25) is 0 Å². The lowest BCUT2D eigenvalue weighted by atomic mass is 9.83. The van der Waals surface area contributed by atoms with Crippen molar-refractivity contribution in [1.82, 2.24) is 0 Å². The Morgan fingerprint density at radius 3 is 2.27 bits per heavy atom. The average Bonchev–Trinajstić information content (AvgIpc) is 2.99. The van der Waals surface area contributed by atoms with Crippen LogP contribution in [-0.4, -0.2) is 10.8 Å². The van der Waals surface area contributed by atoms with Crippen molar-refractivity contribution in [3.63, 3.8) is 0 Å². The fourth-order valence-electron chi connectivity index (χ4n) is 4.49. The topological polar surface area (TPSA) is 63.4 Å². The third-order valence-corrected chi connectivity index (χ3v) is 6.34. The molecule has 1 atom stereocenters. The zero-order chi connectivity index (χ0) is 22.9. The monoisotopic (exact) mass is 454 g/mol. The SMILES string of the molecule is O=C(c1cccc([N+](=O)[O-])c1)N1Cc2ccccc2C(c2ccccc2Cl)c2ccccc21. The maximum absolute atomic E-state index is 13.7. The van der Waals surface area contributed by atoms with E-state index in [4.69, 9.17) is 11.6 Å². The molecule has 0 bridgehead atoms. The number of rotatable bonds is 3. The maximum Gasteiger partial charge on any atom is 0.270 e. The minimum atomic E-state index is -0.490. The Labute approximate surface area is 196 Å². The Bertz CT molecular complexity index is 1390. The Hall–Kier alpha value is -3.96. The summed E-state index contributed by atoms with van der Waals surface area (Å²) in [5.74, 6) is -0.449. The number of nitro benzene ring substituents is 1. The lowest BCUT2D eigenvalue weighted by Gasteiger charge is -2.25. The van der Waals surface area contributed by atoms with Crippen LogP contribution in [0.3, 0.4) is 0 Å². The lowest BCUT2D eigenvalue weighted by Crippen LogP contribution is -2.30. The summed E-state index contributed by atoms with van der Waals surface area (Å²) in [6.45, 7) is 0.343. The van der Waals surface area contributed by atoms with Gasteiger partial charge >= 0.3 is 0 Å².